The zero-order chi connectivity index (χ0) is 13.8. The van der Waals surface area contributed by atoms with Crippen molar-refractivity contribution in [2.24, 2.45) is 11.7 Å². The molecule has 3 heteroatoms. The summed E-state index contributed by atoms with van der Waals surface area (Å²) < 4.78 is 5.50. The van der Waals surface area contributed by atoms with Crippen molar-refractivity contribution in [1.29, 1.82) is 0 Å². The number of hydrogen-bond acceptors (Lipinski definition) is 3. The van der Waals surface area contributed by atoms with Crippen molar-refractivity contribution in [1.82, 2.24) is 5.32 Å². The van der Waals surface area contributed by atoms with Crippen molar-refractivity contribution in [3.63, 3.8) is 0 Å². The molecule has 0 saturated carbocycles. The Labute approximate surface area is 116 Å². The van der Waals surface area contributed by atoms with Crippen LogP contribution in [-0.2, 0) is 0 Å². The van der Waals surface area contributed by atoms with E-state index in [0.29, 0.717) is 11.8 Å². The van der Waals surface area contributed by atoms with Gasteiger partial charge in [0.05, 0.1) is 7.11 Å². The monoisotopic (exact) mass is 262 g/mol. The summed E-state index contributed by atoms with van der Waals surface area (Å²) in [7, 11) is 1.73. The summed E-state index contributed by atoms with van der Waals surface area (Å²) in [5, 5.41) is 3.39. The van der Waals surface area contributed by atoms with E-state index < -0.39 is 0 Å². The lowest BCUT2D eigenvalue weighted by Crippen LogP contribution is -2.34. The van der Waals surface area contributed by atoms with Crippen LogP contribution in [0.15, 0.2) is 18.2 Å². The van der Waals surface area contributed by atoms with Crippen molar-refractivity contribution in [3.8, 4) is 5.75 Å². The molecule has 1 atom stereocenters. The first-order valence-electron chi connectivity index (χ1n) is 7.27. The Bertz CT molecular complexity index is 411. The molecule has 0 bridgehead atoms. The molecule has 0 radical (unpaired) electrons. The normalized spacial score (nSPS) is 18.6. The molecule has 0 spiro atoms. The van der Waals surface area contributed by atoms with Crippen LogP contribution in [0, 0.1) is 5.92 Å². The van der Waals surface area contributed by atoms with E-state index in [1.54, 1.807) is 7.11 Å². The number of nitrogens with two attached hydrogens (primary N) is 1. The fourth-order valence-electron chi connectivity index (χ4n) is 2.83. The maximum Gasteiger partial charge on any atom is 0.123 e. The van der Waals surface area contributed by atoms with E-state index in [2.05, 4.69) is 37.4 Å². The molecule has 1 saturated heterocycles. The first kappa shape index (κ1) is 14.4. The Morgan fingerprint density at radius 1 is 1.26 bits per heavy atom. The average molecular weight is 262 g/mol. The minimum absolute atomic E-state index is 0.0794. The molecule has 1 aliphatic rings. The highest BCUT2D eigenvalue weighted by Crippen LogP contribution is 2.34. The Hall–Kier alpha value is -1.06. The maximum absolute atomic E-state index is 6.51. The van der Waals surface area contributed by atoms with Gasteiger partial charge in [-0.3, -0.25) is 0 Å². The van der Waals surface area contributed by atoms with Gasteiger partial charge in [-0.15, -0.1) is 0 Å². The van der Waals surface area contributed by atoms with Crippen LogP contribution in [-0.4, -0.2) is 20.2 Å². The molecule has 1 aromatic carbocycles. The maximum atomic E-state index is 6.51. The zero-order valence-electron chi connectivity index (χ0n) is 12.3. The lowest BCUT2D eigenvalue weighted by molar-refractivity contribution is 0.313. The van der Waals surface area contributed by atoms with Gasteiger partial charge < -0.3 is 15.8 Å². The lowest BCUT2D eigenvalue weighted by Gasteiger charge is -2.29. The van der Waals surface area contributed by atoms with Crippen LogP contribution >= 0.6 is 0 Å². The van der Waals surface area contributed by atoms with Crippen molar-refractivity contribution in [3.05, 3.63) is 29.3 Å². The molecule has 0 aliphatic carbocycles. The molecule has 1 heterocycles. The summed E-state index contributed by atoms with van der Waals surface area (Å²) >= 11 is 0. The summed E-state index contributed by atoms with van der Waals surface area (Å²) in [5.41, 5.74) is 9.01. The number of methoxy groups -OCH3 is 1. The van der Waals surface area contributed by atoms with Gasteiger partial charge in [0.2, 0.25) is 0 Å². The predicted molar refractivity (Wildman–Crippen MR) is 79.6 cm³/mol. The highest BCUT2D eigenvalue weighted by Gasteiger charge is 2.24. The van der Waals surface area contributed by atoms with Crippen LogP contribution in [0.1, 0.15) is 49.8 Å². The Morgan fingerprint density at radius 3 is 2.53 bits per heavy atom. The quantitative estimate of drug-likeness (QED) is 0.877. The highest BCUT2D eigenvalue weighted by atomic mass is 16.5. The van der Waals surface area contributed by atoms with Crippen molar-refractivity contribution >= 4 is 0 Å². The summed E-state index contributed by atoms with van der Waals surface area (Å²) in [6.07, 6.45) is 2.30. The van der Waals surface area contributed by atoms with Crippen molar-refractivity contribution in [2.45, 2.75) is 38.6 Å². The van der Waals surface area contributed by atoms with Crippen LogP contribution in [0.3, 0.4) is 0 Å². The first-order valence-corrected chi connectivity index (χ1v) is 7.27. The minimum atomic E-state index is 0.0794. The topological polar surface area (TPSA) is 47.3 Å². The molecule has 1 fully saturated rings. The van der Waals surface area contributed by atoms with Crippen LogP contribution < -0.4 is 15.8 Å². The number of ether oxygens (including phenoxy) is 1. The SMILES string of the molecule is COc1ccc(C(C)C)cc1C(N)C1CCNCC1. The minimum Gasteiger partial charge on any atom is -0.496 e. The third-order valence-corrected chi connectivity index (χ3v) is 4.17. The molecule has 0 aromatic heterocycles. The van der Waals surface area contributed by atoms with Gasteiger partial charge in [-0.05, 0) is 49.4 Å². The fraction of sp³-hybridized carbons (Fsp3) is 0.625. The molecule has 1 aromatic rings. The van der Waals surface area contributed by atoms with E-state index >= 15 is 0 Å². The molecule has 0 amide bonds. The summed E-state index contributed by atoms with van der Waals surface area (Å²) in [4.78, 5) is 0. The molecule has 3 N–H and O–H groups in total. The Kier molecular flexibility index (Phi) is 4.83. The van der Waals surface area contributed by atoms with E-state index in [4.69, 9.17) is 10.5 Å². The van der Waals surface area contributed by atoms with E-state index in [1.165, 1.54) is 11.1 Å². The first-order chi connectivity index (χ1) is 9.13. The van der Waals surface area contributed by atoms with Crippen LogP contribution in [0.25, 0.3) is 0 Å². The smallest absolute Gasteiger partial charge is 0.123 e. The van der Waals surface area contributed by atoms with Gasteiger partial charge in [0.25, 0.3) is 0 Å². The molecule has 2 rings (SSSR count). The van der Waals surface area contributed by atoms with Gasteiger partial charge in [-0.25, -0.2) is 0 Å². The number of piperidine rings is 1. The lowest BCUT2D eigenvalue weighted by atomic mass is 9.85. The predicted octanol–water partition coefficient (Wildman–Crippen LogP) is 2.82. The zero-order valence-corrected chi connectivity index (χ0v) is 12.3. The Balaban J connectivity index is 2.27. The molecule has 106 valence electrons. The summed E-state index contributed by atoms with van der Waals surface area (Å²) in [6.45, 7) is 6.57. The standard InChI is InChI=1S/C16H26N2O/c1-11(2)13-4-5-15(19-3)14(10-13)16(17)12-6-8-18-9-7-12/h4-5,10-12,16,18H,6-9,17H2,1-3H3. The van der Waals surface area contributed by atoms with Crippen molar-refractivity contribution in [2.75, 3.05) is 20.2 Å². The molecule has 1 aliphatic heterocycles. The second-order valence-corrected chi connectivity index (χ2v) is 5.77. The number of hydrogen-bond donors (Lipinski definition) is 2. The Morgan fingerprint density at radius 2 is 1.95 bits per heavy atom. The number of benzene rings is 1. The molecule has 1 unspecified atom stereocenters. The van der Waals surface area contributed by atoms with Crippen molar-refractivity contribution < 1.29 is 4.74 Å². The molecule has 3 nitrogen and oxygen atoms in total. The van der Waals surface area contributed by atoms with Gasteiger partial charge in [0.15, 0.2) is 0 Å². The molecular formula is C16H26N2O. The second kappa shape index (κ2) is 6.40. The van der Waals surface area contributed by atoms with E-state index in [-0.39, 0.29) is 6.04 Å². The van der Waals surface area contributed by atoms with Gasteiger partial charge in [0.1, 0.15) is 5.75 Å². The van der Waals surface area contributed by atoms with Gasteiger partial charge >= 0.3 is 0 Å². The highest BCUT2D eigenvalue weighted by molar-refractivity contribution is 5.40. The van der Waals surface area contributed by atoms with E-state index in [1.807, 2.05) is 0 Å². The average Bonchev–Trinajstić information content (AvgIpc) is 2.46. The van der Waals surface area contributed by atoms with E-state index in [9.17, 15) is 0 Å². The fourth-order valence-corrected chi connectivity index (χ4v) is 2.83. The van der Waals surface area contributed by atoms with Gasteiger partial charge in [-0.1, -0.05) is 26.0 Å². The number of nitrogens with one attached hydrogen (secondary N) is 1. The third-order valence-electron chi connectivity index (χ3n) is 4.17. The number of rotatable bonds is 4. The largest absolute Gasteiger partial charge is 0.496 e. The van der Waals surface area contributed by atoms with Gasteiger partial charge in [-0.2, -0.15) is 0 Å². The molecule has 19 heavy (non-hydrogen) atoms. The second-order valence-electron chi connectivity index (χ2n) is 5.77. The van der Waals surface area contributed by atoms with Crippen LogP contribution in [0.4, 0.5) is 0 Å². The third kappa shape index (κ3) is 3.28. The van der Waals surface area contributed by atoms with Crippen LogP contribution in [0.5, 0.6) is 5.75 Å². The summed E-state index contributed by atoms with van der Waals surface area (Å²) in [6, 6.07) is 6.51. The summed E-state index contributed by atoms with van der Waals surface area (Å²) in [5.74, 6) is 2.00. The van der Waals surface area contributed by atoms with Crippen LogP contribution in [0.2, 0.25) is 0 Å². The van der Waals surface area contributed by atoms with Gasteiger partial charge in [0, 0.05) is 11.6 Å². The molecular weight excluding hydrogens is 236 g/mol. The van der Waals surface area contributed by atoms with E-state index in [0.717, 1.165) is 31.7 Å².